The minimum absolute atomic E-state index is 0.814. The fourth-order valence-electron chi connectivity index (χ4n) is 5.22. The third-order valence-electron chi connectivity index (χ3n) is 6.82. The lowest BCUT2D eigenvalue weighted by atomic mass is 9.81. The van der Waals surface area contributed by atoms with E-state index in [-0.39, 0.29) is 0 Å². The van der Waals surface area contributed by atoms with Gasteiger partial charge in [0.05, 0.1) is 0 Å². The Bertz CT molecular complexity index is 632. The largest absolute Gasteiger partial charge is 0.473 e. The molecular formula is C23H34N2O4. The normalized spacial score (nSPS) is 26.5. The lowest BCUT2D eigenvalue weighted by molar-refractivity contribution is -0.159. The predicted molar refractivity (Wildman–Crippen MR) is 112 cm³/mol. The van der Waals surface area contributed by atoms with Crippen molar-refractivity contribution in [3.63, 3.8) is 0 Å². The van der Waals surface area contributed by atoms with Gasteiger partial charge in [-0.05, 0) is 89.0 Å². The predicted octanol–water partition coefficient (Wildman–Crippen LogP) is 3.43. The average Bonchev–Trinajstić information content (AvgIpc) is 3.30. The molecule has 0 spiro atoms. The summed E-state index contributed by atoms with van der Waals surface area (Å²) in [6.45, 7) is 5.43. The third kappa shape index (κ3) is 6.28. The maximum atomic E-state index is 9.10. The second kappa shape index (κ2) is 10.7. The molecule has 0 bridgehead atoms. The molecule has 160 valence electrons. The molecule has 1 aromatic rings. The van der Waals surface area contributed by atoms with Gasteiger partial charge in [0.2, 0.25) is 0 Å². The van der Waals surface area contributed by atoms with E-state index in [4.69, 9.17) is 19.8 Å². The van der Waals surface area contributed by atoms with Crippen molar-refractivity contribution in [1.82, 2.24) is 9.80 Å². The molecule has 2 saturated heterocycles. The average molecular weight is 403 g/mol. The van der Waals surface area contributed by atoms with E-state index in [1.165, 1.54) is 77.5 Å². The number of hydrogen-bond acceptors (Lipinski definition) is 4. The monoisotopic (exact) mass is 402 g/mol. The van der Waals surface area contributed by atoms with Crippen LogP contribution in [0.15, 0.2) is 30.3 Å². The van der Waals surface area contributed by atoms with E-state index < -0.39 is 11.9 Å². The van der Waals surface area contributed by atoms with Crippen molar-refractivity contribution in [3.8, 4) is 0 Å². The molecule has 0 aromatic heterocycles. The number of likely N-dealkylation sites (tertiary alicyclic amines) is 2. The topological polar surface area (TPSA) is 81.1 Å². The lowest BCUT2D eigenvalue weighted by Gasteiger charge is -2.42. The first-order valence-corrected chi connectivity index (χ1v) is 11.0. The number of rotatable bonds is 3. The fraction of sp³-hybridized carbons (Fsp3) is 0.652. The molecule has 3 fully saturated rings. The summed E-state index contributed by atoms with van der Waals surface area (Å²) < 4.78 is 0. The molecule has 2 aliphatic heterocycles. The number of benzene rings is 1. The second-order valence-corrected chi connectivity index (χ2v) is 8.54. The second-order valence-electron chi connectivity index (χ2n) is 8.54. The standard InChI is InChI=1S/C21H32N2.C2H2O4/c1-2-6-18(7-3-1)19-8-10-20(11-9-19)23-16-12-21(13-17-23)22-14-4-5-15-22;3-1(4)2(5)6/h1-3,6-7,19-21H,4-5,8-17H2;(H,3,4)(H,5,6). The molecule has 29 heavy (non-hydrogen) atoms. The van der Waals surface area contributed by atoms with Crippen molar-refractivity contribution in [3.05, 3.63) is 35.9 Å². The Balaban J connectivity index is 0.000000353. The molecule has 2 heterocycles. The van der Waals surface area contributed by atoms with Crippen LogP contribution in [0.3, 0.4) is 0 Å². The summed E-state index contributed by atoms with van der Waals surface area (Å²) in [4.78, 5) is 23.8. The highest BCUT2D eigenvalue weighted by Crippen LogP contribution is 2.35. The zero-order chi connectivity index (χ0) is 20.6. The van der Waals surface area contributed by atoms with E-state index in [9.17, 15) is 0 Å². The van der Waals surface area contributed by atoms with Crippen LogP contribution in [0.1, 0.15) is 62.8 Å². The summed E-state index contributed by atoms with van der Waals surface area (Å²) in [5.41, 5.74) is 1.57. The van der Waals surface area contributed by atoms with Crippen LogP contribution in [0.25, 0.3) is 0 Å². The molecule has 3 aliphatic rings. The SMILES string of the molecule is O=C(O)C(=O)O.c1ccc(C2CCC(N3CCC(N4CCCC4)CC3)CC2)cc1. The van der Waals surface area contributed by atoms with Gasteiger partial charge in [-0.2, -0.15) is 0 Å². The number of aliphatic carboxylic acids is 2. The number of piperidine rings is 1. The van der Waals surface area contributed by atoms with Crippen LogP contribution >= 0.6 is 0 Å². The first kappa shape index (κ1) is 21.8. The smallest absolute Gasteiger partial charge is 0.414 e. The molecule has 1 aromatic carbocycles. The maximum Gasteiger partial charge on any atom is 0.414 e. The molecule has 4 rings (SSSR count). The molecule has 1 aliphatic carbocycles. The van der Waals surface area contributed by atoms with Gasteiger partial charge in [-0.1, -0.05) is 30.3 Å². The molecule has 0 amide bonds. The van der Waals surface area contributed by atoms with Crippen molar-refractivity contribution in [1.29, 1.82) is 0 Å². The van der Waals surface area contributed by atoms with Crippen LogP contribution in [0.5, 0.6) is 0 Å². The lowest BCUT2D eigenvalue weighted by Crippen LogP contribution is -2.48. The molecule has 2 N–H and O–H groups in total. The van der Waals surface area contributed by atoms with Gasteiger partial charge in [0, 0.05) is 12.1 Å². The van der Waals surface area contributed by atoms with E-state index in [0.717, 1.165) is 18.0 Å². The van der Waals surface area contributed by atoms with Crippen LogP contribution in [0.4, 0.5) is 0 Å². The number of hydrogen-bond donors (Lipinski definition) is 2. The number of carboxylic acids is 2. The van der Waals surface area contributed by atoms with Gasteiger partial charge in [0.15, 0.2) is 0 Å². The molecule has 6 nitrogen and oxygen atoms in total. The Morgan fingerprint density at radius 1 is 0.690 bits per heavy atom. The molecular weight excluding hydrogens is 368 g/mol. The Kier molecular flexibility index (Phi) is 8.07. The summed E-state index contributed by atoms with van der Waals surface area (Å²) in [6, 6.07) is 13.0. The van der Waals surface area contributed by atoms with Crippen molar-refractivity contribution in [2.24, 2.45) is 0 Å². The zero-order valence-corrected chi connectivity index (χ0v) is 17.2. The summed E-state index contributed by atoms with van der Waals surface area (Å²) in [5, 5.41) is 14.8. The highest BCUT2D eigenvalue weighted by atomic mass is 16.4. The van der Waals surface area contributed by atoms with Gasteiger partial charge in [0.25, 0.3) is 0 Å². The molecule has 0 radical (unpaired) electrons. The van der Waals surface area contributed by atoms with Crippen LogP contribution < -0.4 is 0 Å². The molecule has 1 saturated carbocycles. The summed E-state index contributed by atoms with van der Waals surface area (Å²) in [5.74, 6) is -2.83. The highest BCUT2D eigenvalue weighted by Gasteiger charge is 2.31. The molecule has 6 heteroatoms. The number of carboxylic acid groups (broad SMARTS) is 2. The Hall–Kier alpha value is -1.92. The summed E-state index contributed by atoms with van der Waals surface area (Å²) in [6.07, 6.45) is 11.3. The number of carbonyl (C=O) groups is 2. The Morgan fingerprint density at radius 2 is 1.17 bits per heavy atom. The Labute approximate surface area is 173 Å². The summed E-state index contributed by atoms with van der Waals surface area (Å²) >= 11 is 0. The van der Waals surface area contributed by atoms with E-state index in [1.807, 2.05) is 0 Å². The van der Waals surface area contributed by atoms with Gasteiger partial charge < -0.3 is 20.0 Å². The van der Waals surface area contributed by atoms with Crippen molar-refractivity contribution in [2.75, 3.05) is 26.2 Å². The van der Waals surface area contributed by atoms with E-state index in [0.29, 0.717) is 0 Å². The first-order valence-electron chi connectivity index (χ1n) is 11.0. The van der Waals surface area contributed by atoms with Gasteiger partial charge in [-0.25, -0.2) is 9.59 Å². The van der Waals surface area contributed by atoms with Gasteiger partial charge in [0.1, 0.15) is 0 Å². The third-order valence-corrected chi connectivity index (χ3v) is 6.82. The highest BCUT2D eigenvalue weighted by molar-refractivity contribution is 6.27. The minimum atomic E-state index is -1.82. The number of nitrogens with zero attached hydrogens (tertiary/aromatic N) is 2. The van der Waals surface area contributed by atoms with Gasteiger partial charge in [-0.3, -0.25) is 0 Å². The summed E-state index contributed by atoms with van der Waals surface area (Å²) in [7, 11) is 0. The zero-order valence-electron chi connectivity index (χ0n) is 17.2. The van der Waals surface area contributed by atoms with E-state index >= 15 is 0 Å². The van der Waals surface area contributed by atoms with Crippen molar-refractivity contribution in [2.45, 2.75) is 69.4 Å². The van der Waals surface area contributed by atoms with E-state index in [2.05, 4.69) is 40.1 Å². The van der Waals surface area contributed by atoms with E-state index in [1.54, 1.807) is 5.56 Å². The first-order chi connectivity index (χ1) is 14.0. The van der Waals surface area contributed by atoms with Crippen molar-refractivity contribution < 1.29 is 19.8 Å². The van der Waals surface area contributed by atoms with Gasteiger partial charge in [-0.15, -0.1) is 0 Å². The fourth-order valence-corrected chi connectivity index (χ4v) is 5.22. The quantitative estimate of drug-likeness (QED) is 0.754. The van der Waals surface area contributed by atoms with Crippen LogP contribution in [0.2, 0.25) is 0 Å². The van der Waals surface area contributed by atoms with Crippen LogP contribution in [-0.2, 0) is 9.59 Å². The Morgan fingerprint density at radius 3 is 1.69 bits per heavy atom. The van der Waals surface area contributed by atoms with Crippen molar-refractivity contribution >= 4 is 11.9 Å². The van der Waals surface area contributed by atoms with Crippen LogP contribution in [-0.4, -0.2) is 70.2 Å². The molecule has 0 unspecified atom stereocenters. The molecule has 0 atom stereocenters. The van der Waals surface area contributed by atoms with Crippen LogP contribution in [0, 0.1) is 0 Å². The minimum Gasteiger partial charge on any atom is -0.473 e. The maximum absolute atomic E-state index is 9.10. The van der Waals surface area contributed by atoms with Gasteiger partial charge >= 0.3 is 11.9 Å².